The first-order valence-electron chi connectivity index (χ1n) is 4.72. The number of benzene rings is 1. The van der Waals surface area contributed by atoms with Crippen LogP contribution in [-0.4, -0.2) is 12.3 Å². The molecule has 0 aliphatic rings. The molecule has 0 radical (unpaired) electrons. The summed E-state index contributed by atoms with van der Waals surface area (Å²) < 4.78 is 0. The summed E-state index contributed by atoms with van der Waals surface area (Å²) in [5, 5.41) is 3.36. The van der Waals surface area contributed by atoms with Crippen molar-refractivity contribution in [1.82, 2.24) is 5.32 Å². The van der Waals surface area contributed by atoms with Gasteiger partial charge in [-0.3, -0.25) is 0 Å². The van der Waals surface area contributed by atoms with Gasteiger partial charge in [-0.15, -0.1) is 6.42 Å². The number of thiol groups is 1. The first-order valence-corrected chi connectivity index (χ1v) is 5.35. The molecule has 0 heterocycles. The van der Waals surface area contributed by atoms with E-state index in [-0.39, 0.29) is 0 Å². The molecule has 0 amide bonds. The molecule has 1 rings (SSSR count). The van der Waals surface area contributed by atoms with Crippen molar-refractivity contribution in [2.24, 2.45) is 0 Å². The average Bonchev–Trinajstić information content (AvgIpc) is 2.26. The third-order valence-electron chi connectivity index (χ3n) is 2.11. The molecule has 1 atom stereocenters. The average molecular weight is 205 g/mol. The summed E-state index contributed by atoms with van der Waals surface area (Å²) in [5.74, 6) is 3.40. The number of nitrogens with one attached hydrogen (secondary N) is 1. The van der Waals surface area contributed by atoms with E-state index < -0.39 is 0 Å². The van der Waals surface area contributed by atoms with Gasteiger partial charge in [-0.2, -0.15) is 12.6 Å². The number of hydrogen-bond acceptors (Lipinski definition) is 2. The van der Waals surface area contributed by atoms with E-state index in [9.17, 15) is 0 Å². The predicted octanol–water partition coefficient (Wildman–Crippen LogP) is 2.25. The molecule has 0 aromatic heterocycles. The molecule has 0 bridgehead atoms. The largest absolute Gasteiger partial charge is 0.310 e. The second kappa shape index (κ2) is 5.74. The van der Waals surface area contributed by atoms with Gasteiger partial charge in [0, 0.05) is 17.4 Å². The van der Waals surface area contributed by atoms with E-state index in [0.717, 1.165) is 17.9 Å². The van der Waals surface area contributed by atoms with Gasteiger partial charge < -0.3 is 5.32 Å². The van der Waals surface area contributed by atoms with E-state index in [1.807, 2.05) is 12.1 Å². The molecule has 0 saturated heterocycles. The molecule has 1 N–H and O–H groups in total. The first-order chi connectivity index (χ1) is 6.81. The van der Waals surface area contributed by atoms with Crippen LogP contribution in [0.4, 0.5) is 0 Å². The third-order valence-corrected chi connectivity index (χ3v) is 2.48. The minimum Gasteiger partial charge on any atom is -0.310 e. The molecule has 14 heavy (non-hydrogen) atoms. The second-order valence-electron chi connectivity index (χ2n) is 3.06. The SMILES string of the molecule is C#Cc1ccc(C(CS)NCC)cc1. The van der Waals surface area contributed by atoms with Crippen molar-refractivity contribution < 1.29 is 0 Å². The molecule has 0 aliphatic carbocycles. The quantitative estimate of drug-likeness (QED) is 0.567. The molecule has 74 valence electrons. The summed E-state index contributed by atoms with van der Waals surface area (Å²) in [6.07, 6.45) is 5.29. The molecule has 0 spiro atoms. The third kappa shape index (κ3) is 2.80. The summed E-state index contributed by atoms with van der Waals surface area (Å²) in [6, 6.07) is 8.35. The highest BCUT2D eigenvalue weighted by Crippen LogP contribution is 2.14. The molecule has 1 aromatic carbocycles. The molecule has 1 nitrogen and oxygen atoms in total. The number of rotatable bonds is 4. The predicted molar refractivity (Wildman–Crippen MR) is 64.6 cm³/mol. The topological polar surface area (TPSA) is 12.0 Å². The van der Waals surface area contributed by atoms with Crippen LogP contribution in [0.1, 0.15) is 24.1 Å². The Balaban J connectivity index is 2.79. The summed E-state index contributed by atoms with van der Waals surface area (Å²) in [4.78, 5) is 0. The molecule has 0 saturated carbocycles. The fourth-order valence-corrected chi connectivity index (χ4v) is 1.69. The first kappa shape index (κ1) is 11.2. The zero-order chi connectivity index (χ0) is 10.4. The van der Waals surface area contributed by atoms with Gasteiger partial charge in [-0.05, 0) is 24.2 Å². The fraction of sp³-hybridized carbons (Fsp3) is 0.333. The molecule has 1 aromatic rings. The zero-order valence-electron chi connectivity index (χ0n) is 8.33. The van der Waals surface area contributed by atoms with Gasteiger partial charge >= 0.3 is 0 Å². The summed E-state index contributed by atoms with van der Waals surface area (Å²) in [5.41, 5.74) is 2.16. The highest BCUT2D eigenvalue weighted by Gasteiger charge is 2.06. The maximum atomic E-state index is 5.29. The Morgan fingerprint density at radius 3 is 2.50 bits per heavy atom. The van der Waals surface area contributed by atoms with Crippen LogP contribution in [0.3, 0.4) is 0 Å². The Bertz CT molecular complexity index is 310. The zero-order valence-corrected chi connectivity index (χ0v) is 9.22. The van der Waals surface area contributed by atoms with E-state index in [2.05, 4.69) is 42.9 Å². The maximum absolute atomic E-state index is 5.29. The minimum absolute atomic E-state index is 0.315. The minimum atomic E-state index is 0.315. The van der Waals surface area contributed by atoms with E-state index in [0.29, 0.717) is 6.04 Å². The van der Waals surface area contributed by atoms with E-state index >= 15 is 0 Å². The molecular formula is C12H15NS. The van der Waals surface area contributed by atoms with Crippen molar-refractivity contribution in [3.8, 4) is 12.3 Å². The van der Waals surface area contributed by atoms with Crippen molar-refractivity contribution in [2.45, 2.75) is 13.0 Å². The van der Waals surface area contributed by atoms with E-state index in [1.54, 1.807) is 0 Å². The van der Waals surface area contributed by atoms with Gasteiger partial charge in [0.2, 0.25) is 0 Å². The fourth-order valence-electron chi connectivity index (χ4n) is 1.35. The van der Waals surface area contributed by atoms with E-state index in [4.69, 9.17) is 6.42 Å². The van der Waals surface area contributed by atoms with Gasteiger partial charge in [0.25, 0.3) is 0 Å². The van der Waals surface area contributed by atoms with Crippen LogP contribution in [0.15, 0.2) is 24.3 Å². The van der Waals surface area contributed by atoms with Gasteiger partial charge in [-0.1, -0.05) is 25.0 Å². The molecule has 1 unspecified atom stereocenters. The molecular weight excluding hydrogens is 190 g/mol. The lowest BCUT2D eigenvalue weighted by atomic mass is 10.1. The molecule has 2 heteroatoms. The van der Waals surface area contributed by atoms with Crippen LogP contribution in [0.5, 0.6) is 0 Å². The standard InChI is InChI=1S/C12H15NS/c1-3-10-5-7-11(8-6-10)12(9-14)13-4-2/h1,5-8,12-14H,4,9H2,2H3. The number of terminal acetylenes is 1. The lowest BCUT2D eigenvalue weighted by Crippen LogP contribution is -2.22. The van der Waals surface area contributed by atoms with Gasteiger partial charge in [-0.25, -0.2) is 0 Å². The lowest BCUT2D eigenvalue weighted by Gasteiger charge is -2.15. The van der Waals surface area contributed by atoms with Gasteiger partial charge in [0.15, 0.2) is 0 Å². The summed E-state index contributed by atoms with van der Waals surface area (Å²) >= 11 is 4.31. The Kier molecular flexibility index (Phi) is 4.58. The van der Waals surface area contributed by atoms with Crippen molar-refractivity contribution in [2.75, 3.05) is 12.3 Å². The van der Waals surface area contributed by atoms with Crippen LogP contribution in [0.2, 0.25) is 0 Å². The van der Waals surface area contributed by atoms with Crippen molar-refractivity contribution in [3.05, 3.63) is 35.4 Å². The number of hydrogen-bond donors (Lipinski definition) is 2. The lowest BCUT2D eigenvalue weighted by molar-refractivity contribution is 0.607. The second-order valence-corrected chi connectivity index (χ2v) is 3.42. The highest BCUT2D eigenvalue weighted by atomic mass is 32.1. The smallest absolute Gasteiger partial charge is 0.0409 e. The maximum Gasteiger partial charge on any atom is 0.0409 e. The molecule has 0 aliphatic heterocycles. The van der Waals surface area contributed by atoms with Crippen LogP contribution >= 0.6 is 12.6 Å². The normalized spacial score (nSPS) is 12.1. The van der Waals surface area contributed by atoms with Crippen molar-refractivity contribution in [3.63, 3.8) is 0 Å². The van der Waals surface area contributed by atoms with Crippen LogP contribution in [-0.2, 0) is 0 Å². The van der Waals surface area contributed by atoms with Crippen molar-refractivity contribution in [1.29, 1.82) is 0 Å². The monoisotopic (exact) mass is 205 g/mol. The highest BCUT2D eigenvalue weighted by molar-refractivity contribution is 7.80. The van der Waals surface area contributed by atoms with Crippen LogP contribution in [0, 0.1) is 12.3 Å². The van der Waals surface area contributed by atoms with Crippen LogP contribution in [0.25, 0.3) is 0 Å². The Labute approximate surface area is 91.3 Å². The Hall–Kier alpha value is -0.910. The molecule has 0 fully saturated rings. The van der Waals surface area contributed by atoms with Crippen LogP contribution < -0.4 is 5.32 Å². The summed E-state index contributed by atoms with van der Waals surface area (Å²) in [6.45, 7) is 3.04. The van der Waals surface area contributed by atoms with Crippen molar-refractivity contribution >= 4 is 12.6 Å². The van der Waals surface area contributed by atoms with E-state index in [1.165, 1.54) is 5.56 Å². The van der Waals surface area contributed by atoms with Gasteiger partial charge in [0.05, 0.1) is 0 Å². The Morgan fingerprint density at radius 1 is 1.43 bits per heavy atom. The Morgan fingerprint density at radius 2 is 2.07 bits per heavy atom. The van der Waals surface area contributed by atoms with Gasteiger partial charge in [0.1, 0.15) is 0 Å². The summed E-state index contributed by atoms with van der Waals surface area (Å²) in [7, 11) is 0.